The van der Waals surface area contributed by atoms with E-state index < -0.39 is 23.9 Å². The van der Waals surface area contributed by atoms with Gasteiger partial charge in [-0.3, -0.25) is 9.59 Å². The Bertz CT molecular complexity index is 977. The van der Waals surface area contributed by atoms with Crippen molar-refractivity contribution < 1.29 is 23.8 Å². The lowest BCUT2D eigenvalue weighted by atomic mass is 10.1. The van der Waals surface area contributed by atoms with Crippen LogP contribution in [-0.2, 0) is 9.59 Å². The van der Waals surface area contributed by atoms with E-state index in [0.717, 1.165) is 4.90 Å². The Labute approximate surface area is 161 Å². The summed E-state index contributed by atoms with van der Waals surface area (Å²) >= 11 is 0. The molecule has 0 bridgehead atoms. The first-order valence-corrected chi connectivity index (χ1v) is 8.53. The molecule has 144 valence electrons. The number of fused-ring (bicyclic) bond motifs is 1. The van der Waals surface area contributed by atoms with Crippen LogP contribution in [0.2, 0.25) is 0 Å². The van der Waals surface area contributed by atoms with Crippen LogP contribution in [0.3, 0.4) is 0 Å². The molecule has 9 nitrogen and oxygen atoms in total. The molecule has 1 saturated heterocycles. The number of rotatable bonds is 5. The molecule has 0 saturated carbocycles. The van der Waals surface area contributed by atoms with Gasteiger partial charge in [0, 0.05) is 12.1 Å². The Kier molecular flexibility index (Phi) is 4.34. The molecule has 2 aliphatic rings. The number of nitrogens with zero attached hydrogens (tertiary/aromatic N) is 4. The van der Waals surface area contributed by atoms with Crippen LogP contribution >= 0.6 is 0 Å². The number of imide groups is 1. The minimum Gasteiger partial charge on any atom is -0.497 e. The van der Waals surface area contributed by atoms with E-state index >= 15 is 0 Å². The van der Waals surface area contributed by atoms with Crippen LogP contribution in [0.1, 0.15) is 0 Å². The van der Waals surface area contributed by atoms with Crippen LogP contribution in [0.15, 0.2) is 52.8 Å². The van der Waals surface area contributed by atoms with Crippen LogP contribution < -0.4 is 24.1 Å². The number of methoxy groups -OCH3 is 3. The summed E-state index contributed by atoms with van der Waals surface area (Å²) < 4.78 is 15.7. The van der Waals surface area contributed by atoms with Gasteiger partial charge in [0.05, 0.1) is 32.7 Å². The molecule has 28 heavy (non-hydrogen) atoms. The molecule has 2 aromatic rings. The molecule has 0 unspecified atom stereocenters. The molecule has 0 aromatic heterocycles. The summed E-state index contributed by atoms with van der Waals surface area (Å²) in [5, 5.41) is 9.53. The van der Waals surface area contributed by atoms with Crippen molar-refractivity contribution in [2.45, 2.75) is 12.1 Å². The van der Waals surface area contributed by atoms with Gasteiger partial charge >= 0.3 is 0 Å². The van der Waals surface area contributed by atoms with Crippen molar-refractivity contribution in [2.24, 2.45) is 10.3 Å². The van der Waals surface area contributed by atoms with Crippen molar-refractivity contribution in [2.75, 3.05) is 31.2 Å². The Hall–Kier alpha value is -3.62. The van der Waals surface area contributed by atoms with Crippen LogP contribution in [-0.4, -0.2) is 45.2 Å². The molecule has 0 N–H and O–H groups in total. The van der Waals surface area contributed by atoms with Gasteiger partial charge in [-0.05, 0) is 24.3 Å². The van der Waals surface area contributed by atoms with E-state index in [2.05, 4.69) is 10.3 Å². The fourth-order valence-electron chi connectivity index (χ4n) is 3.34. The van der Waals surface area contributed by atoms with Gasteiger partial charge in [-0.25, -0.2) is 9.91 Å². The largest absolute Gasteiger partial charge is 0.497 e. The first-order valence-electron chi connectivity index (χ1n) is 8.53. The Morgan fingerprint density at radius 3 is 2.36 bits per heavy atom. The second-order valence-corrected chi connectivity index (χ2v) is 6.19. The number of ether oxygens (including phenoxy) is 3. The van der Waals surface area contributed by atoms with E-state index in [1.54, 1.807) is 49.6 Å². The zero-order chi connectivity index (χ0) is 19.8. The lowest BCUT2D eigenvalue weighted by Gasteiger charge is -2.21. The number of carbonyl (C=O) groups is 2. The third kappa shape index (κ3) is 2.63. The van der Waals surface area contributed by atoms with Crippen molar-refractivity contribution in [1.82, 2.24) is 0 Å². The summed E-state index contributed by atoms with van der Waals surface area (Å²) in [6, 6.07) is 10.2. The third-order valence-corrected chi connectivity index (χ3v) is 4.72. The maximum atomic E-state index is 13.1. The summed E-state index contributed by atoms with van der Waals surface area (Å²) in [6.07, 6.45) is 0. The molecule has 2 heterocycles. The van der Waals surface area contributed by atoms with Crippen LogP contribution in [0.25, 0.3) is 0 Å². The van der Waals surface area contributed by atoms with E-state index in [1.807, 2.05) is 0 Å². The van der Waals surface area contributed by atoms with Crippen molar-refractivity contribution in [3.8, 4) is 17.2 Å². The van der Waals surface area contributed by atoms with E-state index in [-0.39, 0.29) is 0 Å². The van der Waals surface area contributed by atoms with Gasteiger partial charge in [0.25, 0.3) is 11.8 Å². The first kappa shape index (κ1) is 17.8. The van der Waals surface area contributed by atoms with Gasteiger partial charge < -0.3 is 14.2 Å². The molecule has 2 atom stereocenters. The highest BCUT2D eigenvalue weighted by Crippen LogP contribution is 2.38. The maximum absolute atomic E-state index is 13.1. The molecule has 2 amide bonds. The lowest BCUT2D eigenvalue weighted by molar-refractivity contribution is -0.121. The first-order chi connectivity index (χ1) is 13.6. The van der Waals surface area contributed by atoms with E-state index in [0.29, 0.717) is 28.6 Å². The fraction of sp³-hybridized carbons (Fsp3) is 0.263. The summed E-state index contributed by atoms with van der Waals surface area (Å²) in [5.74, 6) is 0.697. The molecule has 2 aliphatic heterocycles. The quantitative estimate of drug-likeness (QED) is 0.736. The molecule has 9 heteroatoms. The van der Waals surface area contributed by atoms with Gasteiger partial charge in [0.15, 0.2) is 23.6 Å². The van der Waals surface area contributed by atoms with Crippen molar-refractivity contribution in [3.63, 3.8) is 0 Å². The predicted octanol–water partition coefficient (Wildman–Crippen LogP) is 2.21. The van der Waals surface area contributed by atoms with Gasteiger partial charge in [0.2, 0.25) is 0 Å². The summed E-state index contributed by atoms with van der Waals surface area (Å²) in [7, 11) is 4.56. The van der Waals surface area contributed by atoms with Gasteiger partial charge in [0.1, 0.15) is 5.75 Å². The van der Waals surface area contributed by atoms with Gasteiger partial charge in [-0.1, -0.05) is 11.3 Å². The van der Waals surface area contributed by atoms with Crippen molar-refractivity contribution >= 4 is 23.2 Å². The number of amides is 2. The molecule has 0 aliphatic carbocycles. The number of anilines is 2. The van der Waals surface area contributed by atoms with Gasteiger partial charge in [-0.2, -0.15) is 5.11 Å². The highest BCUT2D eigenvalue weighted by molar-refractivity contribution is 6.26. The molecule has 2 aromatic carbocycles. The Morgan fingerprint density at radius 1 is 0.857 bits per heavy atom. The second-order valence-electron chi connectivity index (χ2n) is 6.19. The zero-order valence-electron chi connectivity index (χ0n) is 15.5. The third-order valence-electron chi connectivity index (χ3n) is 4.72. The Balaban J connectivity index is 1.68. The maximum Gasteiger partial charge on any atom is 0.263 e. The Morgan fingerprint density at radius 2 is 1.64 bits per heavy atom. The zero-order valence-corrected chi connectivity index (χ0v) is 15.5. The van der Waals surface area contributed by atoms with Crippen molar-refractivity contribution in [3.05, 3.63) is 42.5 Å². The standard InChI is InChI=1S/C19H18N4O5/c1-26-13-6-4-5-12(9-13)23-17-16(20-21-23)18(24)22(19(17)25)11-7-8-14(27-2)15(10-11)28-3/h4-10,16-17H,1-3H3/t16-,17+/m0/s1. The normalized spacial score (nSPS) is 20.5. The van der Waals surface area contributed by atoms with Crippen LogP contribution in [0.5, 0.6) is 17.2 Å². The predicted molar refractivity (Wildman–Crippen MR) is 99.9 cm³/mol. The molecule has 0 radical (unpaired) electrons. The minimum absolute atomic E-state index is 0.392. The summed E-state index contributed by atoms with van der Waals surface area (Å²) in [4.78, 5) is 27.1. The average Bonchev–Trinajstić information content (AvgIpc) is 3.28. The van der Waals surface area contributed by atoms with E-state index in [1.165, 1.54) is 19.2 Å². The molecule has 4 rings (SSSR count). The van der Waals surface area contributed by atoms with Crippen LogP contribution in [0, 0.1) is 0 Å². The summed E-state index contributed by atoms with van der Waals surface area (Å²) in [5.41, 5.74) is 1.01. The second kappa shape index (κ2) is 6.84. The summed E-state index contributed by atoms with van der Waals surface area (Å²) in [6.45, 7) is 0. The minimum atomic E-state index is -0.896. The number of hydrogen-bond acceptors (Lipinski definition) is 8. The number of carbonyl (C=O) groups excluding carboxylic acids is 2. The smallest absolute Gasteiger partial charge is 0.263 e. The topological polar surface area (TPSA) is 93.0 Å². The van der Waals surface area contributed by atoms with Crippen LogP contribution in [0.4, 0.5) is 11.4 Å². The average molecular weight is 382 g/mol. The number of benzene rings is 2. The van der Waals surface area contributed by atoms with Gasteiger partial charge in [-0.15, -0.1) is 0 Å². The van der Waals surface area contributed by atoms with E-state index in [9.17, 15) is 9.59 Å². The highest BCUT2D eigenvalue weighted by Gasteiger charge is 2.55. The highest BCUT2D eigenvalue weighted by atomic mass is 16.5. The monoisotopic (exact) mass is 382 g/mol. The molecular formula is C19H18N4O5. The number of hydrogen-bond donors (Lipinski definition) is 0. The van der Waals surface area contributed by atoms with E-state index in [4.69, 9.17) is 14.2 Å². The SMILES string of the molecule is COc1cccc(N2N=N[C@@H]3C(=O)N(c4ccc(OC)c(OC)c4)C(=O)[C@@H]32)c1. The lowest BCUT2D eigenvalue weighted by Crippen LogP contribution is -2.39. The molecule has 0 spiro atoms. The molecular weight excluding hydrogens is 364 g/mol. The molecule has 1 fully saturated rings. The van der Waals surface area contributed by atoms with Crippen molar-refractivity contribution in [1.29, 1.82) is 0 Å². The fourth-order valence-corrected chi connectivity index (χ4v) is 3.34.